The Kier molecular flexibility index (Phi) is 12.6. The quantitative estimate of drug-likeness (QED) is 0.217. The third kappa shape index (κ3) is 9.05. The van der Waals surface area contributed by atoms with Gasteiger partial charge in [0.25, 0.3) is 17.7 Å². The minimum atomic E-state index is -1.06. The fraction of sp³-hybridized carbons (Fsp3) is 0.511. The van der Waals surface area contributed by atoms with Crippen LogP contribution in [0.25, 0.3) is 0 Å². The predicted molar refractivity (Wildman–Crippen MR) is 226 cm³/mol. The van der Waals surface area contributed by atoms with Crippen molar-refractivity contribution in [2.24, 2.45) is 5.92 Å². The molecule has 2 aromatic carbocycles. The first-order valence-corrected chi connectivity index (χ1v) is 21.9. The number of anilines is 1. The number of piperidine rings is 2. The number of nitrogens with zero attached hydrogens (tertiary/aromatic N) is 6. The number of nitriles is 1. The first-order valence-electron chi connectivity index (χ1n) is 21.5. The number of halogens is 1. The van der Waals surface area contributed by atoms with E-state index in [0.717, 1.165) is 81.7 Å². The number of imide groups is 2. The number of fused-ring (bicyclic) bond motifs is 1. The highest BCUT2D eigenvalue weighted by Gasteiger charge is 2.47. The molecule has 2 saturated carbocycles. The van der Waals surface area contributed by atoms with Crippen molar-refractivity contribution in [3.05, 3.63) is 70.1 Å². The van der Waals surface area contributed by atoms with E-state index in [1.807, 2.05) is 0 Å². The molecule has 16 nitrogen and oxygen atoms in total. The van der Waals surface area contributed by atoms with Crippen molar-refractivity contribution in [1.82, 2.24) is 30.4 Å². The van der Waals surface area contributed by atoms with Crippen LogP contribution in [0, 0.1) is 17.2 Å². The number of hydrogen-bond donors (Lipinski definition) is 2. The molecule has 2 N–H and O–H groups in total. The lowest BCUT2D eigenvalue weighted by Crippen LogP contribution is -2.54. The summed E-state index contributed by atoms with van der Waals surface area (Å²) in [4.78, 5) is 79.0. The Morgan fingerprint density at radius 1 is 0.952 bits per heavy atom. The lowest BCUT2D eigenvalue weighted by Gasteiger charge is -2.46. The zero-order valence-corrected chi connectivity index (χ0v) is 35.9. The van der Waals surface area contributed by atoms with Gasteiger partial charge in [-0.2, -0.15) is 5.26 Å². The molecule has 0 radical (unpaired) electrons. The molecule has 4 heterocycles. The van der Waals surface area contributed by atoms with Gasteiger partial charge in [0.15, 0.2) is 0 Å². The summed E-state index contributed by atoms with van der Waals surface area (Å²) in [5.74, 6) is -0.0288. The molecular formula is C45H51ClN8O8. The third-order valence-corrected chi connectivity index (χ3v) is 13.2. The summed E-state index contributed by atoms with van der Waals surface area (Å²) < 4.78 is 18.0. The zero-order valence-electron chi connectivity index (χ0n) is 35.1. The van der Waals surface area contributed by atoms with E-state index in [1.54, 1.807) is 42.7 Å². The van der Waals surface area contributed by atoms with Crippen molar-refractivity contribution in [1.29, 1.82) is 5.26 Å². The number of ether oxygens (including phenoxy) is 3. The van der Waals surface area contributed by atoms with Gasteiger partial charge in [0.05, 0.1) is 47.3 Å². The van der Waals surface area contributed by atoms with Crippen LogP contribution in [0.1, 0.15) is 115 Å². The van der Waals surface area contributed by atoms with Crippen LogP contribution in [0.5, 0.6) is 17.2 Å². The van der Waals surface area contributed by atoms with E-state index in [4.69, 9.17) is 31.1 Å². The number of nitrogens with one attached hydrogen (secondary N) is 2. The molecule has 0 bridgehead atoms. The summed E-state index contributed by atoms with van der Waals surface area (Å²) >= 11 is 6.16. The third-order valence-electron chi connectivity index (χ3n) is 12.9. The van der Waals surface area contributed by atoms with Crippen LogP contribution in [-0.4, -0.2) is 112 Å². The lowest BCUT2D eigenvalue weighted by molar-refractivity contribution is -0.136. The first-order chi connectivity index (χ1) is 29.9. The van der Waals surface area contributed by atoms with Crippen LogP contribution in [0.15, 0.2) is 42.7 Å². The van der Waals surface area contributed by atoms with Gasteiger partial charge >= 0.3 is 0 Å². The monoisotopic (exact) mass is 866 g/mol. The minimum Gasteiger partial charge on any atom is -0.496 e. The average Bonchev–Trinajstić information content (AvgIpc) is 3.50. The van der Waals surface area contributed by atoms with Crippen molar-refractivity contribution in [3.8, 4) is 23.3 Å². The van der Waals surface area contributed by atoms with E-state index >= 15 is 0 Å². The van der Waals surface area contributed by atoms with Crippen LogP contribution in [0.4, 0.5) is 5.82 Å². The number of benzene rings is 2. The van der Waals surface area contributed by atoms with E-state index in [-0.39, 0.29) is 53.9 Å². The maximum absolute atomic E-state index is 13.5. The summed E-state index contributed by atoms with van der Waals surface area (Å²) in [5.41, 5.74) is 0.920. The normalized spacial score (nSPS) is 24.0. The van der Waals surface area contributed by atoms with Gasteiger partial charge in [-0.3, -0.25) is 39.1 Å². The number of carbonyl (C=O) groups is 5. The second-order valence-electron chi connectivity index (χ2n) is 17.2. The topological polar surface area (TPSA) is 196 Å². The van der Waals surface area contributed by atoms with Crippen LogP contribution in [0.3, 0.4) is 0 Å². The van der Waals surface area contributed by atoms with Crippen LogP contribution in [0.2, 0.25) is 5.02 Å². The number of hydrogen-bond acceptors (Lipinski definition) is 13. The van der Waals surface area contributed by atoms with Crippen molar-refractivity contribution in [3.63, 3.8) is 0 Å². The fourth-order valence-corrected chi connectivity index (χ4v) is 9.54. The van der Waals surface area contributed by atoms with E-state index in [9.17, 15) is 24.0 Å². The number of amides is 5. The maximum Gasteiger partial charge on any atom is 0.271 e. The van der Waals surface area contributed by atoms with Crippen molar-refractivity contribution >= 4 is 47.0 Å². The Morgan fingerprint density at radius 2 is 1.69 bits per heavy atom. The summed E-state index contributed by atoms with van der Waals surface area (Å²) in [7, 11) is 1.42. The predicted octanol–water partition coefficient (Wildman–Crippen LogP) is 5.07. The van der Waals surface area contributed by atoms with Gasteiger partial charge in [-0.1, -0.05) is 11.6 Å². The average molecular weight is 867 g/mol. The molecule has 0 spiro atoms. The van der Waals surface area contributed by atoms with Crippen LogP contribution >= 0.6 is 11.6 Å². The van der Waals surface area contributed by atoms with Gasteiger partial charge in [0.1, 0.15) is 47.0 Å². The molecule has 8 rings (SSSR count). The van der Waals surface area contributed by atoms with E-state index in [0.29, 0.717) is 45.8 Å². The molecule has 3 aliphatic heterocycles. The number of aromatic nitrogens is 2. The fourth-order valence-electron chi connectivity index (χ4n) is 9.32. The van der Waals surface area contributed by atoms with Gasteiger partial charge in [-0.25, -0.2) is 9.97 Å². The van der Waals surface area contributed by atoms with E-state index in [2.05, 4.69) is 50.3 Å². The molecular weight excluding hydrogens is 816 g/mol. The summed E-state index contributed by atoms with van der Waals surface area (Å²) in [6.45, 7) is 7.08. The largest absolute Gasteiger partial charge is 0.496 e. The second kappa shape index (κ2) is 18.3. The molecule has 1 unspecified atom stereocenters. The van der Waals surface area contributed by atoms with Crippen molar-refractivity contribution in [2.75, 3.05) is 31.6 Å². The Hall–Kier alpha value is -5.79. The Balaban J connectivity index is 0.778. The Bertz CT molecular complexity index is 2260. The van der Waals surface area contributed by atoms with Gasteiger partial charge in [0.2, 0.25) is 11.8 Å². The zero-order chi connectivity index (χ0) is 43.7. The van der Waals surface area contributed by atoms with Gasteiger partial charge in [-0.05, 0) is 82.9 Å². The van der Waals surface area contributed by atoms with Crippen molar-refractivity contribution in [2.45, 2.75) is 114 Å². The molecule has 5 aliphatic rings. The molecule has 2 saturated heterocycles. The smallest absolute Gasteiger partial charge is 0.271 e. The molecule has 4 fully saturated rings. The van der Waals surface area contributed by atoms with Gasteiger partial charge in [-0.15, -0.1) is 0 Å². The van der Waals surface area contributed by atoms with Gasteiger partial charge < -0.3 is 24.4 Å². The number of carbonyl (C=O) groups excluding carboxylic acids is 5. The second-order valence-corrected chi connectivity index (χ2v) is 17.6. The maximum atomic E-state index is 13.5. The Morgan fingerprint density at radius 3 is 2.34 bits per heavy atom. The summed E-state index contributed by atoms with van der Waals surface area (Å²) in [6, 6.07) is 9.93. The highest BCUT2D eigenvalue weighted by Crippen LogP contribution is 2.40. The van der Waals surface area contributed by atoms with Gasteiger partial charge in [0, 0.05) is 69.2 Å². The molecule has 326 valence electrons. The number of methoxy groups -OCH3 is 1. The molecule has 1 atom stereocenters. The molecule has 3 aromatic rings. The van der Waals surface area contributed by atoms with E-state index in [1.165, 1.54) is 7.11 Å². The molecule has 1 aromatic heterocycles. The van der Waals surface area contributed by atoms with Crippen LogP contribution < -0.4 is 29.7 Å². The number of rotatable bonds is 13. The molecule has 17 heteroatoms. The highest BCUT2D eigenvalue weighted by atomic mass is 35.5. The van der Waals surface area contributed by atoms with Crippen molar-refractivity contribution < 1.29 is 38.2 Å². The highest BCUT2D eigenvalue weighted by molar-refractivity contribution is 6.31. The molecule has 5 amide bonds. The van der Waals surface area contributed by atoms with E-state index < -0.39 is 29.7 Å². The molecule has 2 aliphatic carbocycles. The first kappa shape index (κ1) is 42.9. The molecule has 62 heavy (non-hydrogen) atoms. The minimum absolute atomic E-state index is 0.0110. The Labute approximate surface area is 365 Å². The lowest BCUT2D eigenvalue weighted by atomic mass is 9.85. The van der Waals surface area contributed by atoms with Crippen LogP contribution in [-0.2, 0) is 9.59 Å². The standard InChI is InChI=1S/C45H51ClN8O8/c1-25(2)53(29-16-32(17-29)62-33-18-34-41(38(20-33)60-3)45(59)54(44(34)58)37-10-11-40(55)51-43(37)57)24-26-12-14-52(15-13-26)39-23-48-36(22-49-39)42(56)50-28-5-8-30(9-6-28)61-31-7-4-27(21-47)35(46)19-31/h4,7,18-20,22-23,25-26,28-30,32,37H,5-6,8-17,24H2,1-3H3,(H,50,56)(H,51,55,57). The summed E-state index contributed by atoms with van der Waals surface area (Å²) in [6.07, 6.45) is 10.0. The summed E-state index contributed by atoms with van der Waals surface area (Å²) in [5, 5.41) is 14.8. The SMILES string of the molecule is COc1cc(OC2CC(N(CC3CCN(c4cnc(C(=O)NC5CCC(Oc6ccc(C#N)c(Cl)c6)CC5)cn4)CC3)C(C)C)C2)cc2c1C(=O)N(C1CCC(=O)NC1=O)C2=O.